The zero-order valence-electron chi connectivity index (χ0n) is 25.8. The van der Waals surface area contributed by atoms with E-state index in [0.717, 1.165) is 45.1 Å². The van der Waals surface area contributed by atoms with Crippen LogP contribution in [0.25, 0.3) is 11.4 Å². The maximum absolute atomic E-state index is 15.2. The molecular weight excluding hydrogens is 605 g/mol. The molecule has 7 rings (SSSR count). The van der Waals surface area contributed by atoms with Crippen LogP contribution in [0.15, 0.2) is 48.8 Å². The van der Waals surface area contributed by atoms with E-state index >= 15 is 4.39 Å². The third-order valence-corrected chi connectivity index (χ3v) is 9.29. The molecular formula is C33H36FN9O4. The fraction of sp³-hybridized carbons (Fsp3) is 0.455. The van der Waals surface area contributed by atoms with Gasteiger partial charge in [0.2, 0.25) is 17.8 Å². The number of alkyl halides is 1. The van der Waals surface area contributed by atoms with Gasteiger partial charge in [-0.05, 0) is 48.9 Å². The van der Waals surface area contributed by atoms with Crippen LogP contribution in [-0.2, 0) is 14.3 Å². The minimum absolute atomic E-state index is 0.163. The van der Waals surface area contributed by atoms with Crippen molar-refractivity contribution in [2.75, 3.05) is 69.2 Å². The van der Waals surface area contributed by atoms with Gasteiger partial charge in [-0.25, -0.2) is 14.4 Å². The summed E-state index contributed by atoms with van der Waals surface area (Å²) in [7, 11) is 0. The molecule has 5 heterocycles. The number of nitrogens with one attached hydrogen (secondary N) is 2. The standard InChI is InChI=1S/C33H36FN9O4/c34-27-17-43(32(45)26-7-9-36-31(26)44)10-8-29(27)47-28-6-1-21(15-22(28)16-35)30-37-20-38-33(40-30)39-23-2-4-24(5-3-23)41-11-13-42(14-12-41)25-18-46-19-25/h1-6,15,20,25-27,29H,7-14,17-19H2,(H,36,44)(H,37,38,39,40)/t26?,27-,29+/m1/s1. The zero-order valence-corrected chi connectivity index (χ0v) is 25.8. The van der Waals surface area contributed by atoms with Crippen molar-refractivity contribution in [3.8, 4) is 23.2 Å². The van der Waals surface area contributed by atoms with Gasteiger partial charge in [0.05, 0.1) is 31.4 Å². The topological polar surface area (TPSA) is 149 Å². The Morgan fingerprint density at radius 1 is 1.06 bits per heavy atom. The summed E-state index contributed by atoms with van der Waals surface area (Å²) < 4.78 is 26.4. The van der Waals surface area contributed by atoms with Crippen molar-refractivity contribution in [1.82, 2.24) is 30.1 Å². The predicted molar refractivity (Wildman–Crippen MR) is 170 cm³/mol. The van der Waals surface area contributed by atoms with E-state index < -0.39 is 18.2 Å². The highest BCUT2D eigenvalue weighted by Gasteiger charge is 2.39. The summed E-state index contributed by atoms with van der Waals surface area (Å²) in [6, 6.07) is 15.8. The van der Waals surface area contributed by atoms with Crippen LogP contribution in [-0.4, -0.2) is 114 Å². The van der Waals surface area contributed by atoms with E-state index in [1.165, 1.54) is 16.9 Å². The molecule has 2 aromatic carbocycles. The summed E-state index contributed by atoms with van der Waals surface area (Å²) in [6.45, 7) is 6.26. The lowest BCUT2D eigenvalue weighted by Gasteiger charge is -2.43. The molecule has 1 unspecified atom stereocenters. The molecule has 14 heteroatoms. The van der Waals surface area contributed by atoms with Gasteiger partial charge in [0, 0.05) is 62.6 Å². The lowest BCUT2D eigenvalue weighted by Crippen LogP contribution is -2.56. The van der Waals surface area contributed by atoms with Gasteiger partial charge in [-0.3, -0.25) is 14.5 Å². The number of anilines is 3. The number of benzene rings is 2. The Balaban J connectivity index is 0.960. The highest BCUT2D eigenvalue weighted by molar-refractivity contribution is 6.01. The number of hydrogen-bond donors (Lipinski definition) is 2. The fourth-order valence-corrected chi connectivity index (χ4v) is 6.45. The molecule has 4 aliphatic rings. The largest absolute Gasteiger partial charge is 0.486 e. The second kappa shape index (κ2) is 13.5. The second-order valence-electron chi connectivity index (χ2n) is 12.2. The van der Waals surface area contributed by atoms with Crippen molar-refractivity contribution < 1.29 is 23.5 Å². The number of piperidine rings is 1. The SMILES string of the molecule is N#Cc1cc(-c2ncnc(Nc3ccc(N4CCN(C5COC5)CC4)cc3)n2)ccc1O[C@H]1CCN(C(=O)C2CCNC2=O)C[C@H]1F. The van der Waals surface area contributed by atoms with E-state index in [0.29, 0.717) is 36.3 Å². The Hall–Kier alpha value is -4.87. The van der Waals surface area contributed by atoms with Gasteiger partial charge in [-0.1, -0.05) is 0 Å². The lowest BCUT2D eigenvalue weighted by molar-refractivity contribution is -0.143. The van der Waals surface area contributed by atoms with Crippen LogP contribution < -0.4 is 20.3 Å². The minimum Gasteiger partial charge on any atom is -0.486 e. The van der Waals surface area contributed by atoms with Crippen LogP contribution in [0.5, 0.6) is 5.75 Å². The van der Waals surface area contributed by atoms with Gasteiger partial charge in [0.15, 0.2) is 12.0 Å². The lowest BCUT2D eigenvalue weighted by atomic mass is 10.0. The first-order valence-corrected chi connectivity index (χ1v) is 16.0. The summed E-state index contributed by atoms with van der Waals surface area (Å²) in [4.78, 5) is 44.0. The molecule has 13 nitrogen and oxygen atoms in total. The smallest absolute Gasteiger partial charge is 0.235 e. The predicted octanol–water partition coefficient (Wildman–Crippen LogP) is 2.13. The van der Waals surface area contributed by atoms with Crippen LogP contribution in [0.4, 0.5) is 21.7 Å². The molecule has 2 amide bonds. The van der Waals surface area contributed by atoms with Crippen molar-refractivity contribution in [1.29, 1.82) is 5.26 Å². The highest BCUT2D eigenvalue weighted by Crippen LogP contribution is 2.29. The van der Waals surface area contributed by atoms with Crippen molar-refractivity contribution in [2.24, 2.45) is 5.92 Å². The Morgan fingerprint density at radius 2 is 1.87 bits per heavy atom. The molecule has 0 bridgehead atoms. The number of likely N-dealkylation sites (tertiary alicyclic amines) is 1. The molecule has 4 fully saturated rings. The van der Waals surface area contributed by atoms with Crippen LogP contribution in [0.2, 0.25) is 0 Å². The van der Waals surface area contributed by atoms with Gasteiger partial charge in [0.1, 0.15) is 30.2 Å². The number of hydrogen-bond acceptors (Lipinski definition) is 11. The monoisotopic (exact) mass is 641 g/mol. The van der Waals surface area contributed by atoms with E-state index in [1.807, 2.05) is 12.1 Å². The van der Waals surface area contributed by atoms with Crippen molar-refractivity contribution in [3.63, 3.8) is 0 Å². The number of aromatic nitrogens is 3. The molecule has 0 spiro atoms. The molecule has 3 aromatic rings. The number of ether oxygens (including phenoxy) is 2. The Bertz CT molecular complexity index is 1660. The van der Waals surface area contributed by atoms with E-state index in [4.69, 9.17) is 9.47 Å². The first-order valence-electron chi connectivity index (χ1n) is 16.0. The molecule has 3 atom stereocenters. The van der Waals surface area contributed by atoms with Gasteiger partial charge in [0.25, 0.3) is 0 Å². The molecule has 4 saturated heterocycles. The van der Waals surface area contributed by atoms with Crippen molar-refractivity contribution >= 4 is 29.1 Å². The summed E-state index contributed by atoms with van der Waals surface area (Å²) in [5.74, 6) is -0.454. The highest BCUT2D eigenvalue weighted by atomic mass is 19.1. The second-order valence-corrected chi connectivity index (χ2v) is 12.2. The van der Waals surface area contributed by atoms with Crippen molar-refractivity contribution in [2.45, 2.75) is 31.2 Å². The summed E-state index contributed by atoms with van der Waals surface area (Å²) in [6.07, 6.45) is -0.234. The molecule has 0 aliphatic carbocycles. The average molecular weight is 642 g/mol. The van der Waals surface area contributed by atoms with E-state index in [-0.39, 0.29) is 42.6 Å². The first-order chi connectivity index (χ1) is 22.9. The number of carbonyl (C=O) groups is 2. The van der Waals surface area contributed by atoms with Crippen LogP contribution in [0.1, 0.15) is 18.4 Å². The van der Waals surface area contributed by atoms with E-state index in [1.54, 1.807) is 18.2 Å². The van der Waals surface area contributed by atoms with Crippen LogP contribution in [0, 0.1) is 17.2 Å². The summed E-state index contributed by atoms with van der Waals surface area (Å²) in [5, 5.41) is 15.7. The number of nitriles is 1. The maximum atomic E-state index is 15.2. The molecule has 1 aromatic heterocycles. The Morgan fingerprint density at radius 3 is 2.55 bits per heavy atom. The molecule has 0 saturated carbocycles. The first kappa shape index (κ1) is 30.8. The number of rotatable bonds is 8. The number of halogens is 1. The Kier molecular flexibility index (Phi) is 8.82. The normalized spacial score (nSPS) is 23.5. The summed E-state index contributed by atoms with van der Waals surface area (Å²) >= 11 is 0. The van der Waals surface area contributed by atoms with Crippen LogP contribution >= 0.6 is 0 Å². The van der Waals surface area contributed by atoms with E-state index in [2.05, 4.69) is 53.6 Å². The fourth-order valence-electron chi connectivity index (χ4n) is 6.45. The number of piperazine rings is 1. The molecule has 2 N–H and O–H groups in total. The number of carbonyl (C=O) groups excluding carboxylic acids is 2. The van der Waals surface area contributed by atoms with E-state index in [9.17, 15) is 14.9 Å². The quantitative estimate of drug-likeness (QED) is 0.349. The van der Waals surface area contributed by atoms with Gasteiger partial charge >= 0.3 is 0 Å². The van der Waals surface area contributed by atoms with Crippen LogP contribution in [0.3, 0.4) is 0 Å². The molecule has 47 heavy (non-hydrogen) atoms. The van der Waals surface area contributed by atoms with Crippen molar-refractivity contribution in [3.05, 3.63) is 54.4 Å². The van der Waals surface area contributed by atoms with Gasteiger partial charge in [-0.2, -0.15) is 10.2 Å². The van der Waals surface area contributed by atoms with Gasteiger partial charge in [-0.15, -0.1) is 0 Å². The Labute approximate surface area is 271 Å². The molecule has 244 valence electrons. The summed E-state index contributed by atoms with van der Waals surface area (Å²) in [5.41, 5.74) is 2.79. The third kappa shape index (κ3) is 6.68. The maximum Gasteiger partial charge on any atom is 0.235 e. The minimum atomic E-state index is -1.47. The molecule has 4 aliphatic heterocycles. The average Bonchev–Trinajstić information content (AvgIpc) is 3.51. The number of amides is 2. The molecule has 0 radical (unpaired) electrons. The third-order valence-electron chi connectivity index (χ3n) is 9.29. The zero-order chi connectivity index (χ0) is 32.3. The number of nitrogens with zero attached hydrogens (tertiary/aromatic N) is 7. The van der Waals surface area contributed by atoms with Gasteiger partial charge < -0.3 is 29.9 Å².